The van der Waals surface area contributed by atoms with Gasteiger partial charge in [0, 0.05) is 15.1 Å². The molecule has 0 fully saturated rings. The predicted octanol–water partition coefficient (Wildman–Crippen LogP) is 5.47. The Labute approximate surface area is 199 Å². The molecule has 0 heterocycles. The molecular weight excluding hydrogens is 496 g/mol. The number of nitrogens with zero attached hydrogens (tertiary/aromatic N) is 1. The van der Waals surface area contributed by atoms with E-state index in [2.05, 4.69) is 26.5 Å². The Morgan fingerprint density at radius 2 is 1.78 bits per heavy atom. The lowest BCUT2D eigenvalue weighted by molar-refractivity contribution is -0.123. The van der Waals surface area contributed by atoms with Crippen molar-refractivity contribution in [3.63, 3.8) is 0 Å². The summed E-state index contributed by atoms with van der Waals surface area (Å²) in [5.41, 5.74) is 5.48. The van der Waals surface area contributed by atoms with Gasteiger partial charge in [-0.15, -0.1) is 0 Å². The van der Waals surface area contributed by atoms with Crippen LogP contribution in [0.3, 0.4) is 0 Å². The number of nitrogens with one attached hydrogen (secondary N) is 1. The van der Waals surface area contributed by atoms with Gasteiger partial charge in [-0.25, -0.2) is 10.2 Å². The van der Waals surface area contributed by atoms with Gasteiger partial charge in [0.05, 0.1) is 11.8 Å². The molecule has 32 heavy (non-hydrogen) atoms. The van der Waals surface area contributed by atoms with Gasteiger partial charge in [-0.3, -0.25) is 4.79 Å². The maximum Gasteiger partial charge on any atom is 0.343 e. The number of hydrogen-bond acceptors (Lipinski definition) is 5. The van der Waals surface area contributed by atoms with Gasteiger partial charge in [0.1, 0.15) is 11.5 Å². The number of hydrazone groups is 1. The molecule has 0 atom stereocenters. The van der Waals surface area contributed by atoms with Gasteiger partial charge in [-0.1, -0.05) is 33.6 Å². The summed E-state index contributed by atoms with van der Waals surface area (Å²) in [5.74, 6) is -0.0632. The third-order valence-electron chi connectivity index (χ3n) is 4.50. The zero-order valence-electron chi connectivity index (χ0n) is 17.4. The van der Waals surface area contributed by atoms with Crippen molar-refractivity contribution in [2.75, 3.05) is 6.61 Å². The van der Waals surface area contributed by atoms with Crippen LogP contribution >= 0.6 is 27.5 Å². The summed E-state index contributed by atoms with van der Waals surface area (Å²) in [6, 6.07) is 17.1. The molecule has 1 N–H and O–H groups in total. The smallest absolute Gasteiger partial charge is 0.343 e. The molecular formula is C24H20BrClN2O4. The molecule has 1 amide bonds. The Balaban J connectivity index is 1.61. The first-order chi connectivity index (χ1) is 15.3. The highest BCUT2D eigenvalue weighted by Crippen LogP contribution is 2.23. The van der Waals surface area contributed by atoms with Crippen LogP contribution < -0.4 is 14.9 Å². The highest BCUT2D eigenvalue weighted by molar-refractivity contribution is 9.10. The normalized spacial score (nSPS) is 10.8. The topological polar surface area (TPSA) is 77.0 Å². The quantitative estimate of drug-likeness (QED) is 0.196. The summed E-state index contributed by atoms with van der Waals surface area (Å²) in [6.07, 6.45) is 1.39. The molecule has 0 unspecified atom stereocenters. The first kappa shape index (κ1) is 23.5. The van der Waals surface area contributed by atoms with Gasteiger partial charge in [-0.2, -0.15) is 5.10 Å². The van der Waals surface area contributed by atoms with E-state index < -0.39 is 11.9 Å². The van der Waals surface area contributed by atoms with E-state index >= 15 is 0 Å². The first-order valence-electron chi connectivity index (χ1n) is 9.61. The van der Waals surface area contributed by atoms with Crippen molar-refractivity contribution in [3.05, 3.63) is 92.4 Å². The number of esters is 1. The largest absolute Gasteiger partial charge is 0.484 e. The van der Waals surface area contributed by atoms with E-state index in [1.165, 1.54) is 6.21 Å². The third-order valence-corrected chi connectivity index (χ3v) is 5.24. The molecule has 3 aromatic rings. The van der Waals surface area contributed by atoms with E-state index in [4.69, 9.17) is 21.1 Å². The molecule has 0 aliphatic heterocycles. The predicted molar refractivity (Wildman–Crippen MR) is 128 cm³/mol. The Bertz CT molecular complexity index is 1160. The van der Waals surface area contributed by atoms with E-state index in [9.17, 15) is 9.59 Å². The maximum absolute atomic E-state index is 12.4. The molecule has 0 saturated carbocycles. The van der Waals surface area contributed by atoms with Crippen LogP contribution in [0, 0.1) is 13.8 Å². The number of ether oxygens (including phenoxy) is 2. The van der Waals surface area contributed by atoms with Gasteiger partial charge in [0.15, 0.2) is 6.61 Å². The minimum absolute atomic E-state index is 0.184. The third kappa shape index (κ3) is 6.67. The van der Waals surface area contributed by atoms with Gasteiger partial charge in [0.25, 0.3) is 5.91 Å². The van der Waals surface area contributed by atoms with Crippen molar-refractivity contribution in [2.45, 2.75) is 13.8 Å². The molecule has 0 radical (unpaired) electrons. The van der Waals surface area contributed by atoms with Crippen molar-refractivity contribution in [3.8, 4) is 11.5 Å². The van der Waals surface area contributed by atoms with E-state index in [0.717, 1.165) is 15.6 Å². The lowest BCUT2D eigenvalue weighted by Gasteiger charge is -2.09. The molecule has 0 aromatic heterocycles. The highest BCUT2D eigenvalue weighted by Gasteiger charge is 2.12. The van der Waals surface area contributed by atoms with Crippen LogP contribution in [0.4, 0.5) is 0 Å². The van der Waals surface area contributed by atoms with Crippen molar-refractivity contribution in [1.82, 2.24) is 5.43 Å². The van der Waals surface area contributed by atoms with Gasteiger partial charge in [-0.05, 0) is 79.6 Å². The molecule has 0 aliphatic rings. The van der Waals surface area contributed by atoms with Crippen LogP contribution in [-0.2, 0) is 4.79 Å². The molecule has 164 valence electrons. The van der Waals surface area contributed by atoms with Crippen molar-refractivity contribution in [2.24, 2.45) is 5.10 Å². The molecule has 0 saturated heterocycles. The Morgan fingerprint density at radius 1 is 1.03 bits per heavy atom. The summed E-state index contributed by atoms with van der Waals surface area (Å²) < 4.78 is 11.7. The molecule has 0 spiro atoms. The van der Waals surface area contributed by atoms with Crippen LogP contribution in [0.2, 0.25) is 5.02 Å². The molecule has 6 nitrogen and oxygen atoms in total. The lowest BCUT2D eigenvalue weighted by atomic mass is 10.1. The van der Waals surface area contributed by atoms with E-state index in [-0.39, 0.29) is 12.4 Å². The average molecular weight is 516 g/mol. The van der Waals surface area contributed by atoms with Crippen molar-refractivity contribution in [1.29, 1.82) is 0 Å². The number of rotatable bonds is 7. The number of carbonyl (C=O) groups is 2. The maximum atomic E-state index is 12.4. The molecule has 3 aromatic carbocycles. The minimum Gasteiger partial charge on any atom is -0.484 e. The molecule has 8 heteroatoms. The standard InChI is InChI=1S/C24H20BrClN2O4/c1-15-3-9-21(11-16(15)2)31-14-23(29)28-27-13-18-12-19(25)6-10-22(18)32-24(30)17-4-7-20(26)8-5-17/h3-13H,14H2,1-2H3,(H,28,29)/b27-13+. The van der Waals surface area contributed by atoms with Gasteiger partial charge >= 0.3 is 5.97 Å². The zero-order chi connectivity index (χ0) is 23.1. The van der Waals surface area contributed by atoms with Crippen molar-refractivity contribution < 1.29 is 19.1 Å². The van der Waals surface area contributed by atoms with Crippen molar-refractivity contribution >= 4 is 45.6 Å². The Hall–Kier alpha value is -3.16. The van der Waals surface area contributed by atoms with Crippen LogP contribution in [0.5, 0.6) is 11.5 Å². The number of aryl methyl sites for hydroxylation is 2. The number of halogens is 2. The van der Waals surface area contributed by atoms with Crippen LogP contribution in [0.1, 0.15) is 27.0 Å². The minimum atomic E-state index is -0.538. The average Bonchev–Trinajstić information content (AvgIpc) is 2.76. The monoisotopic (exact) mass is 514 g/mol. The van der Waals surface area contributed by atoms with Crippen LogP contribution in [0.25, 0.3) is 0 Å². The lowest BCUT2D eigenvalue weighted by Crippen LogP contribution is -2.24. The van der Waals surface area contributed by atoms with Gasteiger partial charge in [0.2, 0.25) is 0 Å². The Morgan fingerprint density at radius 3 is 2.50 bits per heavy atom. The summed E-state index contributed by atoms with van der Waals surface area (Å²) in [7, 11) is 0. The molecule has 0 bridgehead atoms. The summed E-state index contributed by atoms with van der Waals surface area (Å²) >= 11 is 9.23. The van der Waals surface area contributed by atoms with E-state index in [0.29, 0.717) is 21.9 Å². The second kappa shape index (κ2) is 10.9. The Kier molecular flexibility index (Phi) is 8.03. The van der Waals surface area contributed by atoms with Crippen LogP contribution in [0.15, 0.2) is 70.2 Å². The fourth-order valence-electron chi connectivity index (χ4n) is 2.62. The number of benzene rings is 3. The zero-order valence-corrected chi connectivity index (χ0v) is 19.7. The summed E-state index contributed by atoms with van der Waals surface area (Å²) in [4.78, 5) is 24.4. The highest BCUT2D eigenvalue weighted by atomic mass is 79.9. The summed E-state index contributed by atoms with van der Waals surface area (Å²) in [5, 5.41) is 4.47. The molecule has 0 aliphatic carbocycles. The first-order valence-corrected chi connectivity index (χ1v) is 10.8. The van der Waals surface area contributed by atoms with Gasteiger partial charge < -0.3 is 9.47 Å². The number of carbonyl (C=O) groups excluding carboxylic acids is 2. The number of hydrogen-bond donors (Lipinski definition) is 1. The van der Waals surface area contributed by atoms with E-state index in [1.807, 2.05) is 32.0 Å². The fraction of sp³-hybridized carbons (Fsp3) is 0.125. The second-order valence-corrected chi connectivity index (χ2v) is 8.26. The van der Waals surface area contributed by atoms with E-state index in [1.54, 1.807) is 42.5 Å². The second-order valence-electron chi connectivity index (χ2n) is 6.91. The summed E-state index contributed by atoms with van der Waals surface area (Å²) in [6.45, 7) is 3.79. The fourth-order valence-corrected chi connectivity index (χ4v) is 3.12. The number of amides is 1. The SMILES string of the molecule is Cc1ccc(OCC(=O)N/N=C/c2cc(Br)ccc2OC(=O)c2ccc(Cl)cc2)cc1C. The molecule has 3 rings (SSSR count). The van der Waals surface area contributed by atoms with Crippen LogP contribution in [-0.4, -0.2) is 24.7 Å².